The van der Waals surface area contributed by atoms with Gasteiger partial charge >= 0.3 is 0 Å². The molecule has 5 rings (SSSR count). The van der Waals surface area contributed by atoms with Crippen LogP contribution in [0.25, 0.3) is 17.0 Å². The number of rotatable bonds is 8. The molecule has 0 spiro atoms. The Kier molecular flexibility index (Phi) is 10.1. The molecule has 3 amide bonds. The number of para-hydroxylation sites is 1. The van der Waals surface area contributed by atoms with Gasteiger partial charge in [0.2, 0.25) is 17.7 Å². The maximum absolute atomic E-state index is 14.0. The first-order valence-electron chi connectivity index (χ1n) is 14.6. The number of aromatic nitrogens is 1. The van der Waals surface area contributed by atoms with Crippen molar-refractivity contribution in [2.24, 2.45) is 11.8 Å². The van der Waals surface area contributed by atoms with E-state index < -0.39 is 30.1 Å². The van der Waals surface area contributed by atoms with Gasteiger partial charge in [-0.3, -0.25) is 19.3 Å². The highest BCUT2D eigenvalue weighted by molar-refractivity contribution is 5.94. The number of nitrogens with one attached hydrogen (secondary N) is 4. The molecule has 0 fully saturated rings. The van der Waals surface area contributed by atoms with E-state index in [9.17, 15) is 14.4 Å². The van der Waals surface area contributed by atoms with E-state index in [0.717, 1.165) is 22.0 Å². The zero-order valence-electron chi connectivity index (χ0n) is 25.3. The summed E-state index contributed by atoms with van der Waals surface area (Å²) in [5.41, 5.74) is 2.90. The van der Waals surface area contributed by atoms with Crippen molar-refractivity contribution in [3.05, 3.63) is 72.1 Å². The fourth-order valence-electron chi connectivity index (χ4n) is 5.22. The van der Waals surface area contributed by atoms with Gasteiger partial charge in [0.15, 0.2) is 0 Å². The minimum atomic E-state index is -1.06. The van der Waals surface area contributed by atoms with E-state index in [4.69, 9.17) is 4.74 Å². The number of hydrogen-bond donors (Lipinski definition) is 4. The maximum atomic E-state index is 14.0. The van der Waals surface area contributed by atoms with Crippen molar-refractivity contribution >= 4 is 34.7 Å². The second-order valence-corrected chi connectivity index (χ2v) is 11.6. The third-order valence-electron chi connectivity index (χ3n) is 8.03. The molecule has 0 aliphatic carbocycles. The molecule has 2 aromatic carbocycles. The van der Waals surface area contributed by atoms with E-state index >= 15 is 0 Å². The lowest BCUT2D eigenvalue weighted by Crippen LogP contribution is -2.62. The van der Waals surface area contributed by atoms with Crippen LogP contribution in [0.5, 0.6) is 5.75 Å². The lowest BCUT2D eigenvalue weighted by Gasteiger charge is -2.34. The van der Waals surface area contributed by atoms with E-state index in [1.54, 1.807) is 12.3 Å². The molecule has 5 unspecified atom stereocenters. The van der Waals surface area contributed by atoms with Crippen molar-refractivity contribution < 1.29 is 19.1 Å². The molecule has 9 heteroatoms. The molecule has 3 heterocycles. The minimum Gasteiger partial charge on any atom is -0.487 e. The van der Waals surface area contributed by atoms with Crippen LogP contribution in [-0.2, 0) is 20.8 Å². The van der Waals surface area contributed by atoms with Crippen LogP contribution in [0.4, 0.5) is 0 Å². The first-order chi connectivity index (χ1) is 20.1. The van der Waals surface area contributed by atoms with Crippen LogP contribution in [0.15, 0.2) is 60.9 Å². The number of carbonyl (C=O) groups excluding carboxylic acids is 3. The summed E-state index contributed by atoms with van der Waals surface area (Å²) in [7, 11) is 3.70. The van der Waals surface area contributed by atoms with Crippen LogP contribution in [0.3, 0.4) is 0 Å². The average Bonchev–Trinajstić information content (AvgIpc) is 3.38. The van der Waals surface area contributed by atoms with Gasteiger partial charge in [-0.2, -0.15) is 0 Å². The summed E-state index contributed by atoms with van der Waals surface area (Å²) in [4.78, 5) is 46.3. The predicted octanol–water partition coefficient (Wildman–Crippen LogP) is 3.86. The molecule has 0 radical (unpaired) electrons. The number of aromatic amines is 1. The summed E-state index contributed by atoms with van der Waals surface area (Å²) in [5, 5.41) is 9.84. The smallest absolute Gasteiger partial charge is 0.247 e. The molecule has 42 heavy (non-hydrogen) atoms. The molecule has 0 saturated carbocycles. The summed E-state index contributed by atoms with van der Waals surface area (Å²) in [6.07, 6.45) is 5.72. The molecule has 1 aromatic heterocycles. The van der Waals surface area contributed by atoms with Crippen LogP contribution in [0, 0.1) is 11.8 Å². The lowest BCUT2D eigenvalue weighted by atomic mass is 9.94. The van der Waals surface area contributed by atoms with Gasteiger partial charge in [-0.25, -0.2) is 0 Å². The molecular formula is C33H43N5O4. The Bertz CT molecular complexity index is 1410. The highest BCUT2D eigenvalue weighted by atomic mass is 16.5. The van der Waals surface area contributed by atoms with Gasteiger partial charge in [-0.15, -0.1) is 0 Å². The second-order valence-electron chi connectivity index (χ2n) is 11.6. The highest BCUT2D eigenvalue weighted by Crippen LogP contribution is 2.23. The number of amides is 3. The van der Waals surface area contributed by atoms with E-state index in [2.05, 4.69) is 20.9 Å². The summed E-state index contributed by atoms with van der Waals surface area (Å²) in [6.45, 7) is 7.79. The molecule has 4 N–H and O–H groups in total. The predicted molar refractivity (Wildman–Crippen MR) is 166 cm³/mol. The van der Waals surface area contributed by atoms with Crippen LogP contribution in [0.1, 0.15) is 45.2 Å². The van der Waals surface area contributed by atoms with Gasteiger partial charge < -0.3 is 25.7 Å². The standard InChI is InChI=1S/C33H43N5O4/c1-7-21(4)28-32(40)34-17-16-22-12-14-24(15-13-22)42-30(20(2)3)29(33(41)36-28)37-31(39)27(38(5)6)18-23-19-35-26-11-9-8-10-25(23)26/h8-17,19-21,27-30,35H,7,18H2,1-6H3,(H,34,40)(H,36,41)(H,37,39)/b17-16+. The minimum absolute atomic E-state index is 0.139. The van der Waals surface area contributed by atoms with Crippen LogP contribution in [-0.4, -0.2) is 65.9 Å². The van der Waals surface area contributed by atoms with Gasteiger partial charge in [0.05, 0.1) is 6.04 Å². The Balaban J connectivity index is 1.69. The fourth-order valence-corrected chi connectivity index (χ4v) is 5.22. The number of benzene rings is 2. The van der Waals surface area contributed by atoms with Gasteiger partial charge in [0.1, 0.15) is 23.9 Å². The van der Waals surface area contributed by atoms with Crippen molar-refractivity contribution in [3.8, 4) is 5.75 Å². The number of likely N-dealkylation sites (N-methyl/N-ethyl adjacent to an activating group) is 1. The Morgan fingerprint density at radius 3 is 2.40 bits per heavy atom. The first-order valence-corrected chi connectivity index (χ1v) is 14.6. The van der Waals surface area contributed by atoms with Gasteiger partial charge in [0.25, 0.3) is 0 Å². The number of nitrogens with zero attached hydrogens (tertiary/aromatic N) is 1. The highest BCUT2D eigenvalue weighted by Gasteiger charge is 2.38. The van der Waals surface area contributed by atoms with E-state index in [0.29, 0.717) is 18.6 Å². The Morgan fingerprint density at radius 1 is 1.02 bits per heavy atom. The summed E-state index contributed by atoms with van der Waals surface area (Å²) >= 11 is 0. The fraction of sp³-hybridized carbons (Fsp3) is 0.424. The molecular weight excluding hydrogens is 530 g/mol. The van der Waals surface area contributed by atoms with Crippen molar-refractivity contribution in [1.82, 2.24) is 25.8 Å². The molecule has 3 aromatic rings. The number of ether oxygens (including phenoxy) is 1. The van der Waals surface area contributed by atoms with Gasteiger partial charge in [-0.05, 0) is 67.8 Å². The Hall–Kier alpha value is -4.11. The third-order valence-corrected chi connectivity index (χ3v) is 8.03. The van der Waals surface area contributed by atoms with E-state index in [1.807, 2.05) is 101 Å². The van der Waals surface area contributed by atoms with Crippen LogP contribution >= 0.6 is 0 Å². The largest absolute Gasteiger partial charge is 0.487 e. The van der Waals surface area contributed by atoms with Crippen molar-refractivity contribution in [2.45, 2.75) is 64.8 Å². The molecule has 5 atom stereocenters. The van der Waals surface area contributed by atoms with Crippen LogP contribution < -0.4 is 20.7 Å². The van der Waals surface area contributed by atoms with Crippen molar-refractivity contribution in [3.63, 3.8) is 0 Å². The average molecular weight is 574 g/mol. The zero-order valence-corrected chi connectivity index (χ0v) is 25.3. The molecule has 9 nitrogen and oxygen atoms in total. The maximum Gasteiger partial charge on any atom is 0.247 e. The van der Waals surface area contributed by atoms with E-state index in [-0.39, 0.29) is 23.7 Å². The summed E-state index contributed by atoms with van der Waals surface area (Å²) in [6, 6.07) is 13.0. The van der Waals surface area contributed by atoms with E-state index in [1.165, 1.54) is 0 Å². The molecule has 2 bridgehead atoms. The zero-order chi connectivity index (χ0) is 30.4. The number of hydrogen-bond acceptors (Lipinski definition) is 5. The monoisotopic (exact) mass is 573 g/mol. The summed E-state index contributed by atoms with van der Waals surface area (Å²) < 4.78 is 6.39. The van der Waals surface area contributed by atoms with Gasteiger partial charge in [0, 0.05) is 23.3 Å². The topological polar surface area (TPSA) is 116 Å². The third kappa shape index (κ3) is 7.20. The quantitative estimate of drug-likeness (QED) is 0.327. The van der Waals surface area contributed by atoms with Crippen LogP contribution in [0.2, 0.25) is 0 Å². The molecule has 2 aliphatic heterocycles. The number of H-pyrrole nitrogens is 1. The number of fused-ring (bicyclic) bond motifs is 11. The SMILES string of the molecule is CCC(C)C1NC(=O)C(NC(=O)C(Cc2c[nH]c3ccccc23)N(C)C)C(C(C)C)Oc2ccc(cc2)/C=C/NC1=O. The van der Waals surface area contributed by atoms with Gasteiger partial charge in [-0.1, -0.05) is 64.4 Å². The van der Waals surface area contributed by atoms with Crippen molar-refractivity contribution in [2.75, 3.05) is 14.1 Å². The molecule has 0 saturated heterocycles. The Labute approximate surface area is 248 Å². The Morgan fingerprint density at radius 2 is 1.74 bits per heavy atom. The molecule has 2 aliphatic rings. The lowest BCUT2D eigenvalue weighted by molar-refractivity contribution is -0.136. The first kappa shape index (κ1) is 30.8. The number of carbonyl (C=O) groups is 3. The molecule has 224 valence electrons. The second kappa shape index (κ2) is 13.7. The normalized spacial score (nSPS) is 21.8. The summed E-state index contributed by atoms with van der Waals surface area (Å²) in [5.74, 6) is -0.787. The van der Waals surface area contributed by atoms with Crippen molar-refractivity contribution in [1.29, 1.82) is 0 Å².